The molecule has 0 saturated carbocycles. The Hall–Kier alpha value is -4.24. The zero-order valence-corrected chi connectivity index (χ0v) is 16.9. The fraction of sp³-hybridized carbons (Fsp3) is 0. The molecule has 152 valence electrons. The third-order valence-corrected chi connectivity index (χ3v) is 4.50. The average Bonchev–Trinajstić information content (AvgIpc) is 2.84. The van der Waals surface area contributed by atoms with Gasteiger partial charge >= 0.3 is 5.97 Å². The first-order valence-electron chi connectivity index (χ1n) is 9.85. The van der Waals surface area contributed by atoms with Crippen LogP contribution >= 0.6 is 0 Å². The summed E-state index contributed by atoms with van der Waals surface area (Å²) in [4.78, 5) is 23.1. The zero-order chi connectivity index (χ0) is 21.9. The monoisotopic (exact) mass is 406 g/mol. The van der Waals surface area contributed by atoms with E-state index in [1.165, 1.54) is 0 Å². The quantitative estimate of drug-likeness (QED) is 0.243. The summed E-state index contributed by atoms with van der Waals surface area (Å²) >= 11 is 0. The van der Waals surface area contributed by atoms with E-state index in [0.717, 1.165) is 16.7 Å². The summed E-state index contributed by atoms with van der Waals surface area (Å²) in [6.07, 6.45) is 1.68. The Kier molecular flexibility index (Phi) is 7.67. The van der Waals surface area contributed by atoms with Gasteiger partial charge in [-0.15, -0.1) is 0 Å². The number of aliphatic carboxylic acids is 1. The van der Waals surface area contributed by atoms with Crippen LogP contribution in [0, 0.1) is 0 Å². The number of rotatable bonds is 5. The van der Waals surface area contributed by atoms with Crippen molar-refractivity contribution < 1.29 is 14.7 Å². The smallest absolute Gasteiger partial charge is 0.336 e. The molecule has 1 N–H and O–H groups in total. The Morgan fingerprint density at radius 1 is 0.516 bits per heavy atom. The molecule has 0 atom stereocenters. The first-order valence-corrected chi connectivity index (χ1v) is 9.85. The number of carboxylic acids is 1. The van der Waals surface area contributed by atoms with Gasteiger partial charge in [0.25, 0.3) is 0 Å². The van der Waals surface area contributed by atoms with Crippen molar-refractivity contribution in [3.63, 3.8) is 0 Å². The van der Waals surface area contributed by atoms with Gasteiger partial charge in [-0.1, -0.05) is 121 Å². The van der Waals surface area contributed by atoms with E-state index in [2.05, 4.69) is 0 Å². The van der Waals surface area contributed by atoms with Crippen molar-refractivity contribution in [1.82, 2.24) is 0 Å². The highest BCUT2D eigenvalue weighted by Gasteiger charge is 2.09. The molecule has 4 aromatic rings. The number of benzene rings is 4. The second-order valence-corrected chi connectivity index (χ2v) is 6.70. The number of carboxylic acid groups (broad SMARTS) is 1. The largest absolute Gasteiger partial charge is 0.478 e. The Bertz CT molecular complexity index is 1090. The van der Waals surface area contributed by atoms with Gasteiger partial charge in [-0.2, -0.15) is 0 Å². The maximum absolute atomic E-state index is 11.8. The van der Waals surface area contributed by atoms with Gasteiger partial charge in [0.05, 0.1) is 5.57 Å². The molecule has 0 aliphatic rings. The van der Waals surface area contributed by atoms with E-state index in [0.29, 0.717) is 11.1 Å². The lowest BCUT2D eigenvalue weighted by atomic mass is 10.0. The third-order valence-electron chi connectivity index (χ3n) is 4.50. The highest BCUT2D eigenvalue weighted by atomic mass is 16.4. The molecule has 0 fully saturated rings. The first-order chi connectivity index (χ1) is 15.1. The van der Waals surface area contributed by atoms with E-state index in [1.54, 1.807) is 18.2 Å². The molecule has 0 unspecified atom stereocenters. The molecular formula is C28H22O3. The van der Waals surface area contributed by atoms with Gasteiger partial charge in [-0.05, 0) is 17.2 Å². The Balaban J connectivity index is 0.000000179. The second-order valence-electron chi connectivity index (χ2n) is 6.70. The van der Waals surface area contributed by atoms with E-state index in [4.69, 9.17) is 0 Å². The number of hydrogen-bond donors (Lipinski definition) is 1. The van der Waals surface area contributed by atoms with Gasteiger partial charge in [0.15, 0.2) is 5.78 Å². The highest BCUT2D eigenvalue weighted by molar-refractivity contribution is 6.20. The molecule has 0 radical (unpaired) electrons. The van der Waals surface area contributed by atoms with Crippen molar-refractivity contribution in [2.75, 3.05) is 0 Å². The van der Waals surface area contributed by atoms with Gasteiger partial charge in [0.2, 0.25) is 0 Å². The molecule has 4 rings (SSSR count). The van der Waals surface area contributed by atoms with Crippen LogP contribution < -0.4 is 0 Å². The molecule has 0 heterocycles. The maximum Gasteiger partial charge on any atom is 0.336 e. The summed E-state index contributed by atoms with van der Waals surface area (Å²) in [5.74, 6) is -0.841. The lowest BCUT2D eigenvalue weighted by Crippen LogP contribution is -1.99. The molecule has 0 bridgehead atoms. The van der Waals surface area contributed by atoms with E-state index in [9.17, 15) is 14.7 Å². The van der Waals surface area contributed by atoms with Crippen LogP contribution in [0.25, 0.3) is 11.6 Å². The zero-order valence-electron chi connectivity index (χ0n) is 16.9. The standard InChI is InChI=1S/C15H12O2.C13H10O/c16-15(17)14(13-9-5-2-6-10-13)11-12-7-3-1-4-8-12;14-13(11-7-3-1-4-8-11)12-9-5-2-6-10-12/h1-11H,(H,16,17);1-10H. The van der Waals surface area contributed by atoms with Crippen molar-refractivity contribution >= 4 is 23.4 Å². The maximum atomic E-state index is 11.8. The van der Waals surface area contributed by atoms with Crippen LogP contribution in [0.2, 0.25) is 0 Å². The Morgan fingerprint density at radius 3 is 1.26 bits per heavy atom. The summed E-state index contributed by atoms with van der Waals surface area (Å²) in [7, 11) is 0. The van der Waals surface area contributed by atoms with Gasteiger partial charge in [-0.25, -0.2) is 4.79 Å². The number of hydrogen-bond acceptors (Lipinski definition) is 2. The molecule has 0 aliphatic carbocycles. The molecule has 0 aromatic heterocycles. The number of ketones is 1. The number of carbonyl (C=O) groups excluding carboxylic acids is 1. The predicted molar refractivity (Wildman–Crippen MR) is 125 cm³/mol. The third kappa shape index (κ3) is 6.38. The van der Waals surface area contributed by atoms with E-state index in [1.807, 2.05) is 109 Å². The summed E-state index contributed by atoms with van der Waals surface area (Å²) < 4.78 is 0. The van der Waals surface area contributed by atoms with Crippen LogP contribution in [0.4, 0.5) is 0 Å². The fourth-order valence-electron chi connectivity index (χ4n) is 2.95. The minimum atomic E-state index is -0.917. The Morgan fingerprint density at radius 2 is 0.871 bits per heavy atom. The summed E-state index contributed by atoms with van der Waals surface area (Å²) in [6.45, 7) is 0. The van der Waals surface area contributed by atoms with Gasteiger partial charge in [-0.3, -0.25) is 4.79 Å². The molecule has 0 aliphatic heterocycles. The van der Waals surface area contributed by atoms with Crippen LogP contribution in [0.1, 0.15) is 27.0 Å². The molecular weight excluding hydrogens is 384 g/mol. The van der Waals surface area contributed by atoms with Crippen molar-refractivity contribution in [3.05, 3.63) is 144 Å². The molecule has 0 amide bonds. The van der Waals surface area contributed by atoms with Crippen LogP contribution in [-0.4, -0.2) is 16.9 Å². The van der Waals surface area contributed by atoms with Crippen LogP contribution in [0.5, 0.6) is 0 Å². The molecule has 3 nitrogen and oxygen atoms in total. The van der Waals surface area contributed by atoms with Crippen LogP contribution in [0.15, 0.2) is 121 Å². The molecule has 31 heavy (non-hydrogen) atoms. The summed E-state index contributed by atoms with van der Waals surface area (Å²) in [5.41, 5.74) is 3.37. The van der Waals surface area contributed by atoms with Gasteiger partial charge in [0.1, 0.15) is 0 Å². The van der Waals surface area contributed by atoms with Crippen molar-refractivity contribution in [3.8, 4) is 0 Å². The molecule has 0 saturated heterocycles. The SMILES string of the molecule is O=C(O)C(=Cc1ccccc1)c1ccccc1.O=C(c1ccccc1)c1ccccc1. The topological polar surface area (TPSA) is 54.4 Å². The lowest BCUT2D eigenvalue weighted by Gasteiger charge is -2.02. The number of carbonyl (C=O) groups is 2. The van der Waals surface area contributed by atoms with Crippen molar-refractivity contribution in [1.29, 1.82) is 0 Å². The Labute approximate surface area is 181 Å². The first kappa shape index (κ1) is 21.5. The summed E-state index contributed by atoms with van der Waals surface area (Å²) in [5, 5.41) is 9.22. The van der Waals surface area contributed by atoms with Crippen LogP contribution in [-0.2, 0) is 4.79 Å². The normalized spacial score (nSPS) is 10.5. The van der Waals surface area contributed by atoms with Crippen molar-refractivity contribution in [2.45, 2.75) is 0 Å². The fourth-order valence-corrected chi connectivity index (χ4v) is 2.95. The average molecular weight is 406 g/mol. The molecule has 0 spiro atoms. The summed E-state index contributed by atoms with van der Waals surface area (Å²) in [6, 6.07) is 37.2. The predicted octanol–water partition coefficient (Wildman–Crippen LogP) is 6.23. The van der Waals surface area contributed by atoms with Gasteiger partial charge < -0.3 is 5.11 Å². The highest BCUT2D eigenvalue weighted by Crippen LogP contribution is 2.18. The molecule has 3 heteroatoms. The second kappa shape index (κ2) is 11.1. The van der Waals surface area contributed by atoms with Crippen LogP contribution in [0.3, 0.4) is 0 Å². The minimum Gasteiger partial charge on any atom is -0.478 e. The van der Waals surface area contributed by atoms with Crippen molar-refractivity contribution in [2.24, 2.45) is 0 Å². The minimum absolute atomic E-state index is 0.0752. The van der Waals surface area contributed by atoms with E-state index in [-0.39, 0.29) is 5.78 Å². The van der Waals surface area contributed by atoms with E-state index >= 15 is 0 Å². The van der Waals surface area contributed by atoms with Gasteiger partial charge in [0, 0.05) is 11.1 Å². The molecule has 4 aromatic carbocycles. The lowest BCUT2D eigenvalue weighted by molar-refractivity contribution is -0.130. The van der Waals surface area contributed by atoms with E-state index < -0.39 is 5.97 Å².